The van der Waals surface area contributed by atoms with Crippen LogP contribution in [0.2, 0.25) is 5.02 Å². The number of anilines is 1. The van der Waals surface area contributed by atoms with Crippen LogP contribution in [-0.2, 0) is 6.54 Å². The number of urea groups is 1. The Hall–Kier alpha value is -2.55. The predicted octanol–water partition coefficient (Wildman–Crippen LogP) is 4.63. The van der Waals surface area contributed by atoms with Gasteiger partial charge in [-0.05, 0) is 81.9 Å². The largest absolute Gasteiger partial charge is 0.491 e. The molecule has 9 heteroatoms. The molecule has 0 spiro atoms. The smallest absolute Gasteiger partial charge is 0.344 e. The number of halogens is 1. The first-order valence-corrected chi connectivity index (χ1v) is 10.9. The highest BCUT2D eigenvalue weighted by Gasteiger charge is 2.41. The summed E-state index contributed by atoms with van der Waals surface area (Å²) in [6.45, 7) is 8.20. The molecule has 0 radical (unpaired) electrons. The molecule has 3 N–H and O–H groups in total. The Balaban J connectivity index is 1.88. The molecular formula is C22H28ClN5O2S. The van der Waals surface area contributed by atoms with E-state index in [0.717, 1.165) is 17.0 Å². The SMILES string of the molecule is CC(C)Oc1ccc(NC2N(N)C(=O)N(C(C)C)C(=S)N2Cc2ccc(Cl)cc2)cc1. The second-order valence-corrected chi connectivity index (χ2v) is 8.70. The zero-order chi connectivity index (χ0) is 22.7. The third kappa shape index (κ3) is 5.39. The van der Waals surface area contributed by atoms with Crippen LogP contribution in [0, 0.1) is 0 Å². The van der Waals surface area contributed by atoms with E-state index in [2.05, 4.69) is 5.32 Å². The summed E-state index contributed by atoms with van der Waals surface area (Å²) in [4.78, 5) is 16.3. The van der Waals surface area contributed by atoms with Gasteiger partial charge in [0.15, 0.2) is 11.4 Å². The highest BCUT2D eigenvalue weighted by atomic mass is 35.5. The number of hydrazine groups is 1. The Morgan fingerprint density at radius 3 is 2.26 bits per heavy atom. The molecule has 1 heterocycles. The van der Waals surface area contributed by atoms with Crippen molar-refractivity contribution >= 4 is 40.6 Å². The van der Waals surface area contributed by atoms with E-state index >= 15 is 0 Å². The van der Waals surface area contributed by atoms with Gasteiger partial charge in [0.1, 0.15) is 5.75 Å². The third-order valence-electron chi connectivity index (χ3n) is 4.74. The van der Waals surface area contributed by atoms with Gasteiger partial charge < -0.3 is 15.0 Å². The zero-order valence-corrected chi connectivity index (χ0v) is 19.7. The second kappa shape index (κ2) is 9.72. The number of carbonyl (C=O) groups excluding carboxylic acids is 1. The van der Waals surface area contributed by atoms with Gasteiger partial charge >= 0.3 is 6.03 Å². The lowest BCUT2D eigenvalue weighted by molar-refractivity contribution is 0.0698. The van der Waals surface area contributed by atoms with Crippen molar-refractivity contribution in [2.45, 2.75) is 52.7 Å². The van der Waals surface area contributed by atoms with E-state index in [-0.39, 0.29) is 18.2 Å². The zero-order valence-electron chi connectivity index (χ0n) is 18.1. The fourth-order valence-corrected chi connectivity index (χ4v) is 3.86. The number of rotatable bonds is 7. The molecule has 0 bridgehead atoms. The van der Waals surface area contributed by atoms with E-state index in [0.29, 0.717) is 16.7 Å². The summed E-state index contributed by atoms with van der Waals surface area (Å²) < 4.78 is 5.70. The number of ether oxygens (including phenoxy) is 1. The average Bonchev–Trinajstić information content (AvgIpc) is 2.71. The van der Waals surface area contributed by atoms with E-state index < -0.39 is 6.29 Å². The van der Waals surface area contributed by atoms with Gasteiger partial charge in [0.05, 0.1) is 6.10 Å². The number of benzene rings is 2. The maximum atomic E-state index is 12.9. The van der Waals surface area contributed by atoms with Crippen LogP contribution in [0.1, 0.15) is 33.3 Å². The summed E-state index contributed by atoms with van der Waals surface area (Å²) in [5, 5.41) is 5.56. The van der Waals surface area contributed by atoms with Gasteiger partial charge in [-0.15, -0.1) is 0 Å². The van der Waals surface area contributed by atoms with Crippen LogP contribution >= 0.6 is 23.8 Å². The van der Waals surface area contributed by atoms with Crippen LogP contribution in [0.4, 0.5) is 10.5 Å². The molecule has 2 aromatic carbocycles. The number of amides is 2. The van der Waals surface area contributed by atoms with Gasteiger partial charge in [0.25, 0.3) is 0 Å². The first-order chi connectivity index (χ1) is 14.7. The highest BCUT2D eigenvalue weighted by molar-refractivity contribution is 7.80. The molecule has 2 amide bonds. The second-order valence-electron chi connectivity index (χ2n) is 7.90. The van der Waals surface area contributed by atoms with Crippen LogP contribution < -0.4 is 15.9 Å². The molecule has 1 unspecified atom stereocenters. The van der Waals surface area contributed by atoms with Crippen LogP contribution in [0.5, 0.6) is 5.75 Å². The van der Waals surface area contributed by atoms with Crippen LogP contribution in [0.15, 0.2) is 48.5 Å². The summed E-state index contributed by atoms with van der Waals surface area (Å²) in [5.41, 5.74) is 1.77. The highest BCUT2D eigenvalue weighted by Crippen LogP contribution is 2.25. The maximum Gasteiger partial charge on any atom is 0.344 e. The van der Waals surface area contributed by atoms with Crippen LogP contribution in [0.3, 0.4) is 0 Å². The van der Waals surface area contributed by atoms with E-state index in [1.807, 2.05) is 81.1 Å². The van der Waals surface area contributed by atoms with Crippen molar-refractivity contribution in [3.05, 3.63) is 59.1 Å². The lowest BCUT2D eigenvalue weighted by atomic mass is 10.2. The molecule has 1 fully saturated rings. The maximum absolute atomic E-state index is 12.9. The standard InChI is InChI=1S/C22H28ClN5O2S/c1-14(2)27-21(29)28(24)20(25-18-9-11-19(12-10-18)30-15(3)4)26(22(27)31)13-16-5-7-17(23)8-6-16/h5-12,14-15,20,25H,13,24H2,1-4H3. The van der Waals surface area contributed by atoms with Crippen molar-refractivity contribution in [2.75, 3.05) is 5.32 Å². The number of hydrogen-bond acceptors (Lipinski definition) is 5. The van der Waals surface area contributed by atoms with Crippen molar-refractivity contribution in [2.24, 2.45) is 5.84 Å². The number of nitrogens with two attached hydrogens (primary N) is 1. The minimum Gasteiger partial charge on any atom is -0.491 e. The predicted molar refractivity (Wildman–Crippen MR) is 128 cm³/mol. The quantitative estimate of drug-likeness (QED) is 0.356. The molecule has 0 saturated carbocycles. The number of thiocarbonyl (C=S) groups is 1. The molecule has 2 aromatic rings. The fraction of sp³-hybridized carbons (Fsp3) is 0.364. The van der Waals surface area contributed by atoms with E-state index in [9.17, 15) is 4.79 Å². The van der Waals surface area contributed by atoms with E-state index in [1.165, 1.54) is 9.91 Å². The molecule has 3 rings (SSSR count). The summed E-state index contributed by atoms with van der Waals surface area (Å²) >= 11 is 11.7. The molecular weight excluding hydrogens is 434 g/mol. The summed E-state index contributed by atoms with van der Waals surface area (Å²) in [7, 11) is 0. The molecule has 1 atom stereocenters. The Morgan fingerprint density at radius 1 is 1.10 bits per heavy atom. The Kier molecular flexibility index (Phi) is 7.25. The van der Waals surface area contributed by atoms with Gasteiger partial charge in [-0.1, -0.05) is 23.7 Å². The monoisotopic (exact) mass is 461 g/mol. The van der Waals surface area contributed by atoms with Gasteiger partial charge in [-0.3, -0.25) is 4.90 Å². The fourth-order valence-electron chi connectivity index (χ4n) is 3.28. The molecule has 166 valence electrons. The Morgan fingerprint density at radius 2 is 1.71 bits per heavy atom. The van der Waals surface area contributed by atoms with Crippen molar-refractivity contribution in [1.82, 2.24) is 14.8 Å². The van der Waals surface area contributed by atoms with Crippen molar-refractivity contribution in [3.63, 3.8) is 0 Å². The van der Waals surface area contributed by atoms with Gasteiger partial charge in [0, 0.05) is 23.3 Å². The Labute approximate surface area is 193 Å². The average molecular weight is 462 g/mol. The first-order valence-electron chi connectivity index (χ1n) is 10.1. The van der Waals surface area contributed by atoms with Crippen LogP contribution in [0.25, 0.3) is 0 Å². The van der Waals surface area contributed by atoms with Crippen LogP contribution in [-0.4, -0.2) is 44.4 Å². The van der Waals surface area contributed by atoms with Gasteiger partial charge in [0.2, 0.25) is 0 Å². The number of nitrogens with one attached hydrogen (secondary N) is 1. The molecule has 1 aliphatic rings. The minimum atomic E-state index is -0.664. The number of nitrogens with zero attached hydrogens (tertiary/aromatic N) is 3. The topological polar surface area (TPSA) is 74.1 Å². The van der Waals surface area contributed by atoms with Crippen molar-refractivity contribution in [1.29, 1.82) is 0 Å². The lowest BCUT2D eigenvalue weighted by Crippen LogP contribution is -2.71. The van der Waals surface area contributed by atoms with E-state index in [1.54, 1.807) is 0 Å². The molecule has 7 nitrogen and oxygen atoms in total. The first kappa shape index (κ1) is 23.1. The van der Waals surface area contributed by atoms with Crippen molar-refractivity contribution < 1.29 is 9.53 Å². The molecule has 0 aromatic heterocycles. The molecule has 1 saturated heterocycles. The minimum absolute atomic E-state index is 0.0866. The van der Waals surface area contributed by atoms with Gasteiger partial charge in [-0.2, -0.15) is 0 Å². The van der Waals surface area contributed by atoms with E-state index in [4.69, 9.17) is 34.4 Å². The number of carbonyl (C=O) groups is 1. The Bertz CT molecular complexity index is 921. The molecule has 0 aliphatic carbocycles. The summed E-state index contributed by atoms with van der Waals surface area (Å²) in [5.74, 6) is 7.03. The summed E-state index contributed by atoms with van der Waals surface area (Å²) in [6, 6.07) is 14.5. The molecule has 31 heavy (non-hydrogen) atoms. The third-order valence-corrected chi connectivity index (χ3v) is 5.43. The van der Waals surface area contributed by atoms with Crippen molar-refractivity contribution in [3.8, 4) is 5.75 Å². The normalized spacial score (nSPS) is 17.0. The van der Waals surface area contributed by atoms with Gasteiger partial charge in [-0.25, -0.2) is 15.6 Å². The summed E-state index contributed by atoms with van der Waals surface area (Å²) in [6.07, 6.45) is -0.578. The lowest BCUT2D eigenvalue weighted by Gasteiger charge is -2.48. The number of hydrogen-bond donors (Lipinski definition) is 2. The molecule has 1 aliphatic heterocycles.